The molecule has 0 saturated carbocycles. The van der Waals surface area contributed by atoms with E-state index in [1.54, 1.807) is 0 Å². The van der Waals surface area contributed by atoms with Gasteiger partial charge in [-0.1, -0.05) is 18.2 Å². The molecule has 2 aliphatic carbocycles. The molecule has 22 heavy (non-hydrogen) atoms. The first-order valence-electron chi connectivity index (χ1n) is 8.64. The minimum Gasteiger partial charge on any atom is -0.324 e. The third-order valence-corrected chi connectivity index (χ3v) is 6.26. The summed E-state index contributed by atoms with van der Waals surface area (Å²) in [4.78, 5) is 6.36. The van der Waals surface area contributed by atoms with Gasteiger partial charge in [-0.2, -0.15) is 0 Å². The Bertz CT molecular complexity index is 651. The smallest absolute Gasteiger partial charge is 0.0950 e. The highest BCUT2D eigenvalue weighted by atomic mass is 32.1. The predicted molar refractivity (Wildman–Crippen MR) is 92.5 cm³/mol. The summed E-state index contributed by atoms with van der Waals surface area (Å²) in [5.74, 6) is 0. The standard InChI is InChI=1S/C19H24N2S/c20-16(12-19-21-17-7-3-4-8-18(17)22-19)15-10-9-13-5-1-2-6-14(13)11-15/h9-11,16H,1-8,12,20H2. The summed E-state index contributed by atoms with van der Waals surface area (Å²) in [6.07, 6.45) is 11.0. The number of nitrogens with two attached hydrogens (primary N) is 1. The van der Waals surface area contributed by atoms with Crippen molar-refractivity contribution in [1.82, 2.24) is 4.98 Å². The Labute approximate surface area is 136 Å². The quantitative estimate of drug-likeness (QED) is 0.925. The summed E-state index contributed by atoms with van der Waals surface area (Å²) in [5.41, 5.74) is 12.2. The van der Waals surface area contributed by atoms with Gasteiger partial charge >= 0.3 is 0 Å². The lowest BCUT2D eigenvalue weighted by atomic mass is 9.89. The molecule has 2 aliphatic rings. The second kappa shape index (κ2) is 6.13. The maximum atomic E-state index is 6.48. The number of aromatic nitrogens is 1. The third-order valence-electron chi connectivity index (χ3n) is 5.09. The van der Waals surface area contributed by atoms with E-state index in [2.05, 4.69) is 18.2 Å². The predicted octanol–water partition coefficient (Wildman–Crippen LogP) is 4.14. The Morgan fingerprint density at radius 3 is 2.64 bits per heavy atom. The summed E-state index contributed by atoms with van der Waals surface area (Å²) in [5, 5.41) is 1.23. The molecule has 116 valence electrons. The molecule has 0 radical (unpaired) electrons. The van der Waals surface area contributed by atoms with Crippen LogP contribution in [0.5, 0.6) is 0 Å². The van der Waals surface area contributed by atoms with Crippen molar-refractivity contribution in [3.05, 3.63) is 50.5 Å². The monoisotopic (exact) mass is 312 g/mol. The van der Waals surface area contributed by atoms with Crippen LogP contribution in [0.4, 0.5) is 0 Å². The second-order valence-corrected chi connectivity index (χ2v) is 7.90. The van der Waals surface area contributed by atoms with Gasteiger partial charge in [0.25, 0.3) is 0 Å². The summed E-state index contributed by atoms with van der Waals surface area (Å²) in [6, 6.07) is 6.98. The van der Waals surface area contributed by atoms with E-state index in [0.29, 0.717) is 0 Å². The van der Waals surface area contributed by atoms with Crippen LogP contribution in [0.3, 0.4) is 0 Å². The van der Waals surface area contributed by atoms with Crippen LogP contribution < -0.4 is 5.73 Å². The van der Waals surface area contributed by atoms with E-state index < -0.39 is 0 Å². The first-order chi connectivity index (χ1) is 10.8. The van der Waals surface area contributed by atoms with Gasteiger partial charge in [0, 0.05) is 17.3 Å². The Morgan fingerprint density at radius 2 is 1.77 bits per heavy atom. The van der Waals surface area contributed by atoms with E-state index in [-0.39, 0.29) is 6.04 Å². The highest BCUT2D eigenvalue weighted by molar-refractivity contribution is 7.11. The van der Waals surface area contributed by atoms with Gasteiger partial charge in [0.15, 0.2) is 0 Å². The highest BCUT2D eigenvalue weighted by Gasteiger charge is 2.18. The third kappa shape index (κ3) is 2.84. The minimum atomic E-state index is 0.0832. The number of rotatable bonds is 3. The van der Waals surface area contributed by atoms with Gasteiger partial charge in [-0.05, 0) is 68.1 Å². The van der Waals surface area contributed by atoms with Crippen LogP contribution in [-0.2, 0) is 32.1 Å². The lowest BCUT2D eigenvalue weighted by Gasteiger charge is -2.18. The van der Waals surface area contributed by atoms with Crippen LogP contribution in [0.2, 0.25) is 0 Å². The topological polar surface area (TPSA) is 38.9 Å². The van der Waals surface area contributed by atoms with Crippen molar-refractivity contribution in [3.8, 4) is 0 Å². The number of hydrogen-bond donors (Lipinski definition) is 1. The molecule has 4 rings (SSSR count). The lowest BCUT2D eigenvalue weighted by Crippen LogP contribution is -2.14. The number of nitrogens with zero attached hydrogens (tertiary/aromatic N) is 1. The highest BCUT2D eigenvalue weighted by Crippen LogP contribution is 2.30. The molecule has 0 amide bonds. The SMILES string of the molecule is NC(Cc1nc2c(s1)CCCC2)c1ccc2c(c1)CCCC2. The zero-order chi connectivity index (χ0) is 14.9. The van der Waals surface area contributed by atoms with Gasteiger partial charge in [0.2, 0.25) is 0 Å². The van der Waals surface area contributed by atoms with E-state index in [4.69, 9.17) is 10.7 Å². The molecule has 1 atom stereocenters. The number of fused-ring (bicyclic) bond motifs is 2. The molecule has 1 unspecified atom stereocenters. The molecule has 2 aromatic rings. The molecule has 2 nitrogen and oxygen atoms in total. The molecule has 0 spiro atoms. The molecule has 3 heteroatoms. The normalized spacial score (nSPS) is 18.6. The van der Waals surface area contributed by atoms with Gasteiger partial charge in [0.05, 0.1) is 10.7 Å². The van der Waals surface area contributed by atoms with Gasteiger partial charge in [-0.3, -0.25) is 0 Å². The van der Waals surface area contributed by atoms with Crippen LogP contribution >= 0.6 is 11.3 Å². The molecule has 0 aliphatic heterocycles. The van der Waals surface area contributed by atoms with Crippen LogP contribution in [0.15, 0.2) is 18.2 Å². The maximum absolute atomic E-state index is 6.48. The molecular weight excluding hydrogens is 288 g/mol. The first kappa shape index (κ1) is 14.4. The zero-order valence-corrected chi connectivity index (χ0v) is 13.9. The number of aryl methyl sites for hydroxylation is 4. The molecule has 0 fully saturated rings. The Morgan fingerprint density at radius 1 is 1.00 bits per heavy atom. The minimum absolute atomic E-state index is 0.0832. The van der Waals surface area contributed by atoms with Gasteiger partial charge in [-0.25, -0.2) is 4.98 Å². The van der Waals surface area contributed by atoms with Crippen molar-refractivity contribution >= 4 is 11.3 Å². The Balaban J connectivity index is 1.52. The van der Waals surface area contributed by atoms with Crippen molar-refractivity contribution in [3.63, 3.8) is 0 Å². The van der Waals surface area contributed by atoms with Crippen molar-refractivity contribution in [2.75, 3.05) is 0 Å². The molecular formula is C19H24N2S. The van der Waals surface area contributed by atoms with Crippen LogP contribution in [0, 0.1) is 0 Å². The molecule has 0 bridgehead atoms. The van der Waals surface area contributed by atoms with Gasteiger partial charge in [0.1, 0.15) is 0 Å². The lowest BCUT2D eigenvalue weighted by molar-refractivity contribution is 0.667. The number of hydrogen-bond acceptors (Lipinski definition) is 3. The fraction of sp³-hybridized carbons (Fsp3) is 0.526. The van der Waals surface area contributed by atoms with E-state index in [0.717, 1.165) is 6.42 Å². The summed E-state index contributed by atoms with van der Waals surface area (Å²) in [7, 11) is 0. The molecule has 1 heterocycles. The second-order valence-electron chi connectivity index (χ2n) is 6.73. The summed E-state index contributed by atoms with van der Waals surface area (Å²) in [6.45, 7) is 0. The molecule has 2 N–H and O–H groups in total. The summed E-state index contributed by atoms with van der Waals surface area (Å²) >= 11 is 1.90. The van der Waals surface area contributed by atoms with Gasteiger partial charge < -0.3 is 5.73 Å². The van der Waals surface area contributed by atoms with Crippen molar-refractivity contribution in [1.29, 1.82) is 0 Å². The van der Waals surface area contributed by atoms with E-state index in [1.807, 2.05) is 11.3 Å². The van der Waals surface area contributed by atoms with E-state index in [1.165, 1.54) is 83.6 Å². The molecule has 1 aromatic carbocycles. The van der Waals surface area contributed by atoms with Crippen molar-refractivity contribution in [2.45, 2.75) is 63.8 Å². The first-order valence-corrected chi connectivity index (χ1v) is 9.46. The average molecular weight is 312 g/mol. The molecule has 0 saturated heterocycles. The fourth-order valence-corrected chi connectivity index (χ4v) is 5.00. The Hall–Kier alpha value is -1.19. The number of benzene rings is 1. The van der Waals surface area contributed by atoms with E-state index in [9.17, 15) is 0 Å². The van der Waals surface area contributed by atoms with Crippen LogP contribution in [0.25, 0.3) is 0 Å². The van der Waals surface area contributed by atoms with E-state index >= 15 is 0 Å². The summed E-state index contributed by atoms with van der Waals surface area (Å²) < 4.78 is 0. The number of thiazole rings is 1. The fourth-order valence-electron chi connectivity index (χ4n) is 3.78. The maximum Gasteiger partial charge on any atom is 0.0950 e. The van der Waals surface area contributed by atoms with Crippen LogP contribution in [-0.4, -0.2) is 4.98 Å². The average Bonchev–Trinajstić information content (AvgIpc) is 2.96. The zero-order valence-electron chi connectivity index (χ0n) is 13.1. The van der Waals surface area contributed by atoms with Crippen molar-refractivity contribution < 1.29 is 0 Å². The molecule has 1 aromatic heterocycles. The van der Waals surface area contributed by atoms with Crippen LogP contribution in [0.1, 0.15) is 64.0 Å². The Kier molecular flexibility index (Phi) is 4.01. The van der Waals surface area contributed by atoms with Crippen molar-refractivity contribution in [2.24, 2.45) is 5.73 Å². The van der Waals surface area contributed by atoms with Gasteiger partial charge in [-0.15, -0.1) is 11.3 Å². The largest absolute Gasteiger partial charge is 0.324 e.